The zero-order chi connectivity index (χ0) is 23.7. The largest absolute Gasteiger partial charge is 0.379 e. The van der Waals surface area contributed by atoms with Crippen LogP contribution in [0.3, 0.4) is 0 Å². The highest BCUT2D eigenvalue weighted by Crippen LogP contribution is 2.35. The number of nitrogens with zero attached hydrogens (tertiary/aromatic N) is 4. The molecule has 34 heavy (non-hydrogen) atoms. The summed E-state index contributed by atoms with van der Waals surface area (Å²) in [7, 11) is 0. The van der Waals surface area contributed by atoms with Crippen LogP contribution in [0.2, 0.25) is 0 Å². The van der Waals surface area contributed by atoms with Crippen LogP contribution in [0.25, 0.3) is 10.2 Å². The van der Waals surface area contributed by atoms with Gasteiger partial charge in [0.1, 0.15) is 0 Å². The van der Waals surface area contributed by atoms with Gasteiger partial charge < -0.3 is 9.64 Å². The van der Waals surface area contributed by atoms with Crippen molar-refractivity contribution in [1.82, 2.24) is 9.88 Å². The monoisotopic (exact) mass is 478 g/mol. The van der Waals surface area contributed by atoms with E-state index in [1.807, 2.05) is 35.2 Å². The first-order valence-electron chi connectivity index (χ1n) is 11.8. The number of ether oxygens (including phenoxy) is 1. The van der Waals surface area contributed by atoms with E-state index in [0.717, 1.165) is 65.0 Å². The molecule has 1 unspecified atom stereocenters. The van der Waals surface area contributed by atoms with Gasteiger partial charge in [-0.1, -0.05) is 41.7 Å². The molecule has 0 spiro atoms. The lowest BCUT2D eigenvalue weighted by atomic mass is 10.1. The summed E-state index contributed by atoms with van der Waals surface area (Å²) in [6.07, 6.45) is 0.227. The van der Waals surface area contributed by atoms with Gasteiger partial charge in [0, 0.05) is 44.8 Å². The Balaban J connectivity index is 1.42. The van der Waals surface area contributed by atoms with Crippen LogP contribution in [0.15, 0.2) is 42.5 Å². The lowest BCUT2D eigenvalue weighted by Crippen LogP contribution is -2.45. The van der Waals surface area contributed by atoms with Crippen molar-refractivity contribution in [3.63, 3.8) is 0 Å². The molecule has 2 amide bonds. The van der Waals surface area contributed by atoms with E-state index in [-0.39, 0.29) is 24.2 Å². The maximum atomic E-state index is 13.9. The number of aromatic nitrogens is 1. The highest BCUT2D eigenvalue weighted by atomic mass is 32.1. The number of benzene rings is 2. The van der Waals surface area contributed by atoms with Crippen molar-refractivity contribution in [3.8, 4) is 0 Å². The molecule has 1 aromatic heterocycles. The summed E-state index contributed by atoms with van der Waals surface area (Å²) < 4.78 is 6.59. The van der Waals surface area contributed by atoms with Crippen molar-refractivity contribution in [2.75, 3.05) is 55.7 Å². The Morgan fingerprint density at radius 2 is 1.85 bits per heavy atom. The van der Waals surface area contributed by atoms with Crippen LogP contribution in [0.4, 0.5) is 10.8 Å². The number of morpholine rings is 1. The molecule has 7 nitrogen and oxygen atoms in total. The van der Waals surface area contributed by atoms with Gasteiger partial charge in [0.15, 0.2) is 5.13 Å². The summed E-state index contributed by atoms with van der Waals surface area (Å²) in [6.45, 7) is 9.01. The standard InChI is InChI=1S/C26H30N4O3S/c1-18-8-9-19(2)24-23(18)27-26(34-24)29(11-10-28-12-14-33-15-13-28)25(32)20-16-22(31)30(17-20)21-6-4-3-5-7-21/h3-9,20H,10-17H2,1-2H3. The van der Waals surface area contributed by atoms with Gasteiger partial charge in [-0.15, -0.1) is 0 Å². The fraction of sp³-hybridized carbons (Fsp3) is 0.423. The molecule has 2 fully saturated rings. The molecule has 2 aromatic carbocycles. The first-order valence-corrected chi connectivity index (χ1v) is 12.7. The molecule has 3 aromatic rings. The van der Waals surface area contributed by atoms with Crippen molar-refractivity contribution in [3.05, 3.63) is 53.6 Å². The Morgan fingerprint density at radius 1 is 1.12 bits per heavy atom. The SMILES string of the molecule is Cc1ccc(C)c2sc(N(CCN3CCOCC3)C(=O)C3CC(=O)N(c4ccccc4)C3)nc12. The molecule has 5 rings (SSSR count). The first kappa shape index (κ1) is 23.0. The van der Waals surface area contributed by atoms with E-state index in [0.29, 0.717) is 13.1 Å². The second kappa shape index (κ2) is 9.82. The quantitative estimate of drug-likeness (QED) is 0.541. The Labute approximate surface area is 203 Å². The maximum Gasteiger partial charge on any atom is 0.234 e. The molecular formula is C26H30N4O3S. The number of carbonyl (C=O) groups is 2. The number of carbonyl (C=O) groups excluding carboxylic acids is 2. The van der Waals surface area contributed by atoms with E-state index in [4.69, 9.17) is 9.72 Å². The number of rotatable bonds is 6. The van der Waals surface area contributed by atoms with Gasteiger partial charge in [0.2, 0.25) is 11.8 Å². The predicted octanol–water partition coefficient (Wildman–Crippen LogP) is 3.63. The Bertz CT molecular complexity index is 1150. The predicted molar refractivity (Wildman–Crippen MR) is 136 cm³/mol. The number of anilines is 2. The van der Waals surface area contributed by atoms with Gasteiger partial charge in [-0.2, -0.15) is 0 Å². The normalized spacial score (nSPS) is 19.2. The van der Waals surface area contributed by atoms with E-state index in [1.165, 1.54) is 0 Å². The number of thiazole rings is 1. The number of hydrogen-bond donors (Lipinski definition) is 0. The molecule has 0 saturated carbocycles. The lowest BCUT2D eigenvalue weighted by Gasteiger charge is -2.30. The highest BCUT2D eigenvalue weighted by Gasteiger charge is 2.38. The van der Waals surface area contributed by atoms with Gasteiger partial charge in [-0.05, 0) is 37.1 Å². The van der Waals surface area contributed by atoms with Gasteiger partial charge in [0.05, 0.1) is 29.3 Å². The van der Waals surface area contributed by atoms with Gasteiger partial charge in [-0.3, -0.25) is 19.4 Å². The zero-order valence-electron chi connectivity index (χ0n) is 19.7. The molecule has 178 valence electrons. The molecule has 0 bridgehead atoms. The van der Waals surface area contributed by atoms with Crippen LogP contribution in [-0.4, -0.2) is 67.6 Å². The summed E-state index contributed by atoms with van der Waals surface area (Å²) in [5, 5.41) is 0.719. The van der Waals surface area contributed by atoms with E-state index in [9.17, 15) is 9.59 Å². The smallest absolute Gasteiger partial charge is 0.234 e. The maximum absolute atomic E-state index is 13.9. The van der Waals surface area contributed by atoms with Crippen LogP contribution in [0.5, 0.6) is 0 Å². The summed E-state index contributed by atoms with van der Waals surface area (Å²) in [4.78, 5) is 37.4. The molecular weight excluding hydrogens is 448 g/mol. The zero-order valence-corrected chi connectivity index (χ0v) is 20.5. The molecule has 3 heterocycles. The molecule has 2 saturated heterocycles. The fourth-order valence-electron chi connectivity index (χ4n) is 4.68. The third kappa shape index (κ3) is 4.58. The van der Waals surface area contributed by atoms with Crippen LogP contribution >= 0.6 is 11.3 Å². The minimum absolute atomic E-state index is 0.00586. The number of fused-ring (bicyclic) bond motifs is 1. The van der Waals surface area contributed by atoms with Crippen molar-refractivity contribution < 1.29 is 14.3 Å². The van der Waals surface area contributed by atoms with Crippen LogP contribution in [0, 0.1) is 19.8 Å². The van der Waals surface area contributed by atoms with Crippen molar-refractivity contribution in [2.45, 2.75) is 20.3 Å². The third-order valence-electron chi connectivity index (χ3n) is 6.71. The average Bonchev–Trinajstić information content (AvgIpc) is 3.48. The number of hydrogen-bond acceptors (Lipinski definition) is 6. The Kier molecular flexibility index (Phi) is 6.63. The average molecular weight is 479 g/mol. The van der Waals surface area contributed by atoms with E-state index in [2.05, 4.69) is 30.9 Å². The molecule has 0 aliphatic carbocycles. The minimum Gasteiger partial charge on any atom is -0.379 e. The summed E-state index contributed by atoms with van der Waals surface area (Å²) in [5.41, 5.74) is 4.07. The number of para-hydroxylation sites is 1. The molecule has 2 aliphatic heterocycles. The van der Waals surface area contributed by atoms with Gasteiger partial charge >= 0.3 is 0 Å². The summed E-state index contributed by atoms with van der Waals surface area (Å²) in [6, 6.07) is 13.8. The fourth-order valence-corrected chi connectivity index (χ4v) is 5.82. The van der Waals surface area contributed by atoms with Crippen molar-refractivity contribution >= 4 is 44.2 Å². The topological polar surface area (TPSA) is 66.0 Å². The first-order chi connectivity index (χ1) is 16.5. The van der Waals surface area contributed by atoms with Crippen LogP contribution < -0.4 is 9.80 Å². The van der Waals surface area contributed by atoms with Crippen LogP contribution in [-0.2, 0) is 14.3 Å². The number of amides is 2. The third-order valence-corrected chi connectivity index (χ3v) is 7.93. The van der Waals surface area contributed by atoms with Crippen LogP contribution in [0.1, 0.15) is 17.5 Å². The molecule has 8 heteroatoms. The molecule has 2 aliphatic rings. The highest BCUT2D eigenvalue weighted by molar-refractivity contribution is 7.22. The summed E-state index contributed by atoms with van der Waals surface area (Å²) in [5.74, 6) is -0.408. The van der Waals surface area contributed by atoms with E-state index in [1.54, 1.807) is 16.2 Å². The van der Waals surface area contributed by atoms with Gasteiger partial charge in [-0.25, -0.2) is 4.98 Å². The molecule has 0 N–H and O–H groups in total. The Hall–Kier alpha value is -2.81. The molecule has 0 radical (unpaired) electrons. The van der Waals surface area contributed by atoms with E-state index >= 15 is 0 Å². The second-order valence-electron chi connectivity index (χ2n) is 9.06. The van der Waals surface area contributed by atoms with Gasteiger partial charge in [0.25, 0.3) is 0 Å². The summed E-state index contributed by atoms with van der Waals surface area (Å²) >= 11 is 1.57. The minimum atomic E-state index is -0.383. The molecule has 1 atom stereocenters. The Morgan fingerprint density at radius 3 is 2.59 bits per heavy atom. The second-order valence-corrected chi connectivity index (χ2v) is 10.0. The van der Waals surface area contributed by atoms with Crippen molar-refractivity contribution in [1.29, 1.82) is 0 Å². The number of aryl methyl sites for hydroxylation is 2. The van der Waals surface area contributed by atoms with Crippen molar-refractivity contribution in [2.24, 2.45) is 5.92 Å². The lowest BCUT2D eigenvalue weighted by molar-refractivity contribution is -0.124. The van der Waals surface area contributed by atoms with E-state index < -0.39 is 0 Å².